The van der Waals surface area contributed by atoms with Gasteiger partial charge in [-0.2, -0.15) is 0 Å². The molecule has 0 aliphatic carbocycles. The first-order valence-electron chi connectivity index (χ1n) is 6.33. The van der Waals surface area contributed by atoms with Crippen molar-refractivity contribution in [1.82, 2.24) is 15.6 Å². The Balaban J connectivity index is 2.01. The third-order valence-corrected chi connectivity index (χ3v) is 4.35. The van der Waals surface area contributed by atoms with E-state index in [-0.39, 0.29) is 0 Å². The van der Waals surface area contributed by atoms with Crippen molar-refractivity contribution < 1.29 is 0 Å². The summed E-state index contributed by atoms with van der Waals surface area (Å²) in [7, 11) is 1.81. The van der Waals surface area contributed by atoms with Crippen LogP contribution in [0, 0.1) is 0 Å². The molecular formula is C12H22N4S2. The topological polar surface area (TPSA) is 49.3 Å². The van der Waals surface area contributed by atoms with Crippen LogP contribution in [0.3, 0.4) is 0 Å². The van der Waals surface area contributed by atoms with Crippen LogP contribution in [0.15, 0.2) is 20.9 Å². The van der Waals surface area contributed by atoms with E-state index in [1.54, 1.807) is 11.3 Å². The Morgan fingerprint density at radius 3 is 2.78 bits per heavy atom. The number of rotatable bonds is 8. The van der Waals surface area contributed by atoms with Gasteiger partial charge in [-0.3, -0.25) is 4.99 Å². The number of thiazole rings is 1. The van der Waals surface area contributed by atoms with Crippen molar-refractivity contribution in [2.45, 2.75) is 30.5 Å². The highest BCUT2D eigenvalue weighted by molar-refractivity contribution is 8.00. The molecule has 1 aromatic heterocycles. The molecule has 1 heterocycles. The SMILES string of the molecule is CCCCNC(=NC)NCCCSc1nccs1. The Kier molecular flexibility index (Phi) is 8.67. The molecule has 0 saturated heterocycles. The zero-order valence-electron chi connectivity index (χ0n) is 11.1. The van der Waals surface area contributed by atoms with Crippen molar-refractivity contribution in [2.75, 3.05) is 25.9 Å². The third kappa shape index (κ3) is 6.86. The maximum absolute atomic E-state index is 4.24. The standard InChI is InChI=1S/C12H22N4S2/c1-3-4-6-14-11(13-2)15-7-5-9-17-12-16-8-10-18-12/h8,10H,3-7,9H2,1-2H3,(H2,13,14,15). The maximum atomic E-state index is 4.24. The highest BCUT2D eigenvalue weighted by Gasteiger charge is 1.98. The molecule has 0 amide bonds. The fraction of sp³-hybridized carbons (Fsp3) is 0.667. The third-order valence-electron chi connectivity index (χ3n) is 2.30. The van der Waals surface area contributed by atoms with Gasteiger partial charge in [0.25, 0.3) is 0 Å². The summed E-state index contributed by atoms with van der Waals surface area (Å²) >= 11 is 3.52. The normalized spacial score (nSPS) is 11.6. The molecule has 0 saturated carbocycles. The van der Waals surface area contributed by atoms with E-state index >= 15 is 0 Å². The summed E-state index contributed by atoms with van der Waals surface area (Å²) in [5, 5.41) is 8.63. The molecule has 102 valence electrons. The van der Waals surface area contributed by atoms with Gasteiger partial charge in [-0.05, 0) is 12.8 Å². The summed E-state index contributed by atoms with van der Waals surface area (Å²) in [6.45, 7) is 4.13. The molecule has 0 radical (unpaired) electrons. The maximum Gasteiger partial charge on any atom is 0.190 e. The first-order valence-corrected chi connectivity index (χ1v) is 8.20. The predicted octanol–water partition coefficient (Wildman–Crippen LogP) is 2.59. The molecule has 1 rings (SSSR count). The number of aliphatic imine (C=N–C) groups is 1. The van der Waals surface area contributed by atoms with Gasteiger partial charge in [0.05, 0.1) is 0 Å². The van der Waals surface area contributed by atoms with Crippen LogP contribution in [-0.2, 0) is 0 Å². The minimum atomic E-state index is 0.905. The Morgan fingerprint density at radius 1 is 1.39 bits per heavy atom. The van der Waals surface area contributed by atoms with E-state index < -0.39 is 0 Å². The highest BCUT2D eigenvalue weighted by Crippen LogP contribution is 2.20. The second-order valence-electron chi connectivity index (χ2n) is 3.78. The summed E-state index contributed by atoms with van der Waals surface area (Å²) < 4.78 is 1.15. The molecule has 0 aliphatic rings. The van der Waals surface area contributed by atoms with Crippen LogP contribution in [0.5, 0.6) is 0 Å². The zero-order valence-corrected chi connectivity index (χ0v) is 12.7. The molecule has 6 heteroatoms. The van der Waals surface area contributed by atoms with Crippen LogP contribution in [-0.4, -0.2) is 36.8 Å². The molecule has 0 fully saturated rings. The van der Waals surface area contributed by atoms with Gasteiger partial charge in [0.1, 0.15) is 4.34 Å². The largest absolute Gasteiger partial charge is 0.356 e. The lowest BCUT2D eigenvalue weighted by molar-refractivity contribution is 0.724. The number of hydrogen-bond acceptors (Lipinski definition) is 4. The van der Waals surface area contributed by atoms with Gasteiger partial charge < -0.3 is 10.6 Å². The second kappa shape index (κ2) is 10.2. The molecule has 0 aliphatic heterocycles. The Hall–Kier alpha value is -0.750. The number of thioether (sulfide) groups is 1. The van der Waals surface area contributed by atoms with Gasteiger partial charge in [0, 0.05) is 37.5 Å². The van der Waals surface area contributed by atoms with Crippen LogP contribution in [0.4, 0.5) is 0 Å². The van der Waals surface area contributed by atoms with Gasteiger partial charge in [-0.15, -0.1) is 11.3 Å². The van der Waals surface area contributed by atoms with E-state index in [9.17, 15) is 0 Å². The Bertz CT molecular complexity index is 325. The number of nitrogens with zero attached hydrogens (tertiary/aromatic N) is 2. The minimum Gasteiger partial charge on any atom is -0.356 e. The molecule has 4 nitrogen and oxygen atoms in total. The summed E-state index contributed by atoms with van der Waals surface area (Å²) in [6, 6.07) is 0. The number of aromatic nitrogens is 1. The van der Waals surface area contributed by atoms with Crippen LogP contribution in [0.1, 0.15) is 26.2 Å². The Labute approximate surface area is 118 Å². The minimum absolute atomic E-state index is 0.905. The monoisotopic (exact) mass is 286 g/mol. The summed E-state index contributed by atoms with van der Waals surface area (Å²) in [5.74, 6) is 2.00. The van der Waals surface area contributed by atoms with Gasteiger partial charge in [-0.25, -0.2) is 4.98 Å². The van der Waals surface area contributed by atoms with E-state index in [1.807, 2.05) is 30.4 Å². The lowest BCUT2D eigenvalue weighted by Crippen LogP contribution is -2.38. The fourth-order valence-electron chi connectivity index (χ4n) is 1.32. The van der Waals surface area contributed by atoms with E-state index in [0.29, 0.717) is 0 Å². The van der Waals surface area contributed by atoms with Gasteiger partial charge >= 0.3 is 0 Å². The number of nitrogens with one attached hydrogen (secondary N) is 2. The van der Waals surface area contributed by atoms with Gasteiger partial charge in [-0.1, -0.05) is 25.1 Å². The van der Waals surface area contributed by atoms with E-state index in [0.717, 1.165) is 35.6 Å². The molecule has 2 N–H and O–H groups in total. The molecule has 0 unspecified atom stereocenters. The predicted molar refractivity (Wildman–Crippen MR) is 81.7 cm³/mol. The van der Waals surface area contributed by atoms with E-state index in [2.05, 4.69) is 27.5 Å². The van der Waals surface area contributed by atoms with Crippen molar-refractivity contribution in [1.29, 1.82) is 0 Å². The van der Waals surface area contributed by atoms with Crippen LogP contribution in [0.2, 0.25) is 0 Å². The van der Waals surface area contributed by atoms with Crippen molar-refractivity contribution in [2.24, 2.45) is 4.99 Å². The van der Waals surface area contributed by atoms with Crippen LogP contribution >= 0.6 is 23.1 Å². The Morgan fingerprint density at radius 2 is 2.17 bits per heavy atom. The number of unbranched alkanes of at least 4 members (excludes halogenated alkanes) is 1. The zero-order chi connectivity index (χ0) is 13.1. The molecule has 0 bridgehead atoms. The second-order valence-corrected chi connectivity index (χ2v) is 6.02. The summed E-state index contributed by atoms with van der Waals surface area (Å²) in [6.07, 6.45) is 5.35. The van der Waals surface area contributed by atoms with Gasteiger partial charge in [0.15, 0.2) is 5.96 Å². The highest BCUT2D eigenvalue weighted by atomic mass is 32.2. The first-order chi connectivity index (χ1) is 8.86. The molecule has 0 spiro atoms. The summed E-state index contributed by atoms with van der Waals surface area (Å²) in [5.41, 5.74) is 0. The fourth-order valence-corrected chi connectivity index (χ4v) is 2.97. The molecule has 18 heavy (non-hydrogen) atoms. The quantitative estimate of drug-likeness (QED) is 0.334. The molecule has 1 aromatic rings. The average molecular weight is 286 g/mol. The van der Waals surface area contributed by atoms with Crippen molar-refractivity contribution in [3.8, 4) is 0 Å². The van der Waals surface area contributed by atoms with Crippen LogP contribution in [0.25, 0.3) is 0 Å². The lowest BCUT2D eigenvalue weighted by atomic mass is 10.3. The van der Waals surface area contributed by atoms with Crippen molar-refractivity contribution >= 4 is 29.1 Å². The van der Waals surface area contributed by atoms with E-state index in [1.165, 1.54) is 12.8 Å². The van der Waals surface area contributed by atoms with Crippen molar-refractivity contribution in [3.05, 3.63) is 11.6 Å². The molecule has 0 atom stereocenters. The van der Waals surface area contributed by atoms with E-state index in [4.69, 9.17) is 0 Å². The van der Waals surface area contributed by atoms with Gasteiger partial charge in [0.2, 0.25) is 0 Å². The summed E-state index contributed by atoms with van der Waals surface area (Å²) in [4.78, 5) is 8.42. The van der Waals surface area contributed by atoms with Crippen LogP contribution < -0.4 is 10.6 Å². The number of hydrogen-bond donors (Lipinski definition) is 2. The van der Waals surface area contributed by atoms with Crippen molar-refractivity contribution in [3.63, 3.8) is 0 Å². The molecular weight excluding hydrogens is 264 g/mol. The molecule has 0 aromatic carbocycles. The average Bonchev–Trinajstić information content (AvgIpc) is 2.89. The lowest BCUT2D eigenvalue weighted by Gasteiger charge is -2.10. The first kappa shape index (κ1) is 15.3. The smallest absolute Gasteiger partial charge is 0.190 e. The number of guanidine groups is 1.